The van der Waals surface area contributed by atoms with Crippen molar-refractivity contribution < 1.29 is 4.79 Å². The first kappa shape index (κ1) is 18.6. The molecule has 1 saturated heterocycles. The van der Waals surface area contributed by atoms with Gasteiger partial charge in [-0.1, -0.05) is 35.9 Å². The summed E-state index contributed by atoms with van der Waals surface area (Å²) in [5.41, 5.74) is 4.80. The van der Waals surface area contributed by atoms with Crippen LogP contribution in [0.1, 0.15) is 41.3 Å². The Morgan fingerprint density at radius 2 is 2.04 bits per heavy atom. The molecule has 138 valence electrons. The van der Waals surface area contributed by atoms with Crippen molar-refractivity contribution in [1.29, 1.82) is 0 Å². The van der Waals surface area contributed by atoms with Crippen LogP contribution in [0.3, 0.4) is 0 Å². The van der Waals surface area contributed by atoms with Crippen LogP contribution in [0.25, 0.3) is 0 Å². The third-order valence-electron chi connectivity index (χ3n) is 4.94. The number of carbonyl (C=O) groups is 1. The van der Waals surface area contributed by atoms with Gasteiger partial charge in [0.2, 0.25) is 5.91 Å². The van der Waals surface area contributed by atoms with E-state index in [4.69, 9.17) is 4.98 Å². The van der Waals surface area contributed by atoms with Gasteiger partial charge in [0.05, 0.1) is 6.54 Å². The Kier molecular flexibility index (Phi) is 6.04. The molecule has 0 saturated carbocycles. The fourth-order valence-corrected chi connectivity index (χ4v) is 3.67. The molecule has 1 amide bonds. The fraction of sp³-hybridized carbons (Fsp3) is 0.455. The number of pyridine rings is 1. The van der Waals surface area contributed by atoms with Gasteiger partial charge >= 0.3 is 0 Å². The van der Waals surface area contributed by atoms with E-state index in [1.165, 1.54) is 11.1 Å². The van der Waals surface area contributed by atoms with Crippen LogP contribution in [0, 0.1) is 6.92 Å². The molecule has 4 nitrogen and oxygen atoms in total. The smallest absolute Gasteiger partial charge is 0.236 e. The zero-order valence-corrected chi connectivity index (χ0v) is 16.1. The maximum Gasteiger partial charge on any atom is 0.236 e. The lowest BCUT2D eigenvalue weighted by molar-refractivity contribution is -0.133. The summed E-state index contributed by atoms with van der Waals surface area (Å²) in [5, 5.41) is 0. The minimum Gasteiger partial charge on any atom is -0.341 e. The summed E-state index contributed by atoms with van der Waals surface area (Å²) in [4.78, 5) is 21.3. The lowest BCUT2D eigenvalue weighted by atomic mass is 9.93. The molecule has 0 unspecified atom stereocenters. The van der Waals surface area contributed by atoms with Gasteiger partial charge < -0.3 is 9.80 Å². The molecule has 26 heavy (non-hydrogen) atoms. The summed E-state index contributed by atoms with van der Waals surface area (Å²) in [6, 6.07) is 14.9. The minimum atomic E-state index is 0.218. The van der Waals surface area contributed by atoms with Crippen molar-refractivity contribution in [2.45, 2.75) is 32.1 Å². The van der Waals surface area contributed by atoms with E-state index >= 15 is 0 Å². The Balaban J connectivity index is 1.70. The number of hydrogen-bond acceptors (Lipinski definition) is 3. The van der Waals surface area contributed by atoms with E-state index in [1.54, 1.807) is 0 Å². The number of likely N-dealkylation sites (N-methyl/N-ethyl adjacent to an activating group) is 1. The van der Waals surface area contributed by atoms with Gasteiger partial charge in [0, 0.05) is 36.8 Å². The van der Waals surface area contributed by atoms with Crippen LogP contribution in [0.5, 0.6) is 0 Å². The highest BCUT2D eigenvalue weighted by Gasteiger charge is 2.25. The highest BCUT2D eigenvalue weighted by Crippen LogP contribution is 2.26. The number of aromatic nitrogens is 1. The third kappa shape index (κ3) is 4.92. The highest BCUT2D eigenvalue weighted by atomic mass is 16.2. The maximum absolute atomic E-state index is 12.4. The van der Waals surface area contributed by atoms with E-state index < -0.39 is 0 Å². The molecule has 2 heterocycles. The number of likely N-dealkylation sites (tertiary alicyclic amines) is 1. The summed E-state index contributed by atoms with van der Waals surface area (Å²) >= 11 is 0. The van der Waals surface area contributed by atoms with Gasteiger partial charge in [-0.15, -0.1) is 0 Å². The first-order chi connectivity index (χ1) is 12.5. The van der Waals surface area contributed by atoms with E-state index in [0.717, 1.165) is 43.7 Å². The van der Waals surface area contributed by atoms with Crippen LogP contribution in [0.15, 0.2) is 42.5 Å². The summed E-state index contributed by atoms with van der Waals surface area (Å²) < 4.78 is 0. The van der Waals surface area contributed by atoms with Crippen LogP contribution >= 0.6 is 0 Å². The molecule has 3 rings (SSSR count). The van der Waals surface area contributed by atoms with Crippen LogP contribution in [0.2, 0.25) is 0 Å². The Morgan fingerprint density at radius 3 is 2.81 bits per heavy atom. The molecule has 1 atom stereocenters. The number of rotatable bonds is 5. The second-order valence-electron chi connectivity index (χ2n) is 7.64. The van der Waals surface area contributed by atoms with E-state index in [1.807, 2.05) is 23.9 Å². The largest absolute Gasteiger partial charge is 0.341 e. The first-order valence-electron chi connectivity index (χ1n) is 9.45. The molecule has 1 aliphatic rings. The lowest BCUT2D eigenvalue weighted by Crippen LogP contribution is -2.43. The zero-order chi connectivity index (χ0) is 18.5. The molecule has 1 fully saturated rings. The quantitative estimate of drug-likeness (QED) is 0.830. The Labute approximate surface area is 156 Å². The molecular formula is C22H29N3O. The van der Waals surface area contributed by atoms with Gasteiger partial charge in [-0.2, -0.15) is 0 Å². The van der Waals surface area contributed by atoms with Crippen LogP contribution in [0.4, 0.5) is 0 Å². The highest BCUT2D eigenvalue weighted by molar-refractivity contribution is 5.78. The van der Waals surface area contributed by atoms with E-state index in [-0.39, 0.29) is 5.91 Å². The second-order valence-corrected chi connectivity index (χ2v) is 7.64. The topological polar surface area (TPSA) is 36.4 Å². The van der Waals surface area contributed by atoms with Crippen molar-refractivity contribution in [3.8, 4) is 0 Å². The summed E-state index contributed by atoms with van der Waals surface area (Å²) in [6.45, 7) is 4.25. The molecule has 0 spiro atoms. The average molecular weight is 351 g/mol. The molecule has 1 aromatic heterocycles. The number of benzene rings is 1. The van der Waals surface area contributed by atoms with Crippen LogP contribution < -0.4 is 0 Å². The van der Waals surface area contributed by atoms with Crippen LogP contribution in [-0.2, 0) is 11.2 Å². The van der Waals surface area contributed by atoms with Crippen molar-refractivity contribution in [3.05, 3.63) is 65.0 Å². The van der Waals surface area contributed by atoms with Gasteiger partial charge in [0.1, 0.15) is 0 Å². The van der Waals surface area contributed by atoms with Gasteiger partial charge in [-0.05, 0) is 51.6 Å². The standard InChI is InChI=1S/C22H29N3O/c1-17-7-4-8-18(13-17)14-20-10-5-11-21(23-20)19-9-6-12-25(15-19)22(26)16-24(2)3/h4-5,7-8,10-11,13,19H,6,9,12,14-16H2,1-3H3/t19-/m0/s1. The summed E-state index contributed by atoms with van der Waals surface area (Å²) in [6.07, 6.45) is 3.01. The predicted molar refractivity (Wildman–Crippen MR) is 105 cm³/mol. The predicted octanol–water partition coefficient (Wildman–Crippen LogP) is 3.25. The minimum absolute atomic E-state index is 0.218. The van der Waals surface area contributed by atoms with Crippen molar-refractivity contribution in [2.24, 2.45) is 0 Å². The van der Waals surface area contributed by atoms with Crippen LogP contribution in [-0.4, -0.2) is 54.4 Å². The van der Waals surface area contributed by atoms with Gasteiger partial charge in [-0.25, -0.2) is 0 Å². The normalized spacial score (nSPS) is 17.5. The monoisotopic (exact) mass is 351 g/mol. The molecular weight excluding hydrogens is 322 g/mol. The molecule has 1 aromatic carbocycles. The second kappa shape index (κ2) is 8.45. The number of amides is 1. The summed E-state index contributed by atoms with van der Waals surface area (Å²) in [7, 11) is 3.88. The molecule has 0 aliphatic carbocycles. The maximum atomic E-state index is 12.4. The number of carbonyl (C=O) groups excluding carboxylic acids is 1. The van der Waals surface area contributed by atoms with E-state index in [2.05, 4.69) is 49.4 Å². The van der Waals surface area contributed by atoms with Gasteiger partial charge in [-0.3, -0.25) is 9.78 Å². The molecule has 0 N–H and O–H groups in total. The molecule has 0 bridgehead atoms. The number of aryl methyl sites for hydroxylation is 1. The Morgan fingerprint density at radius 1 is 1.23 bits per heavy atom. The molecule has 1 aliphatic heterocycles. The first-order valence-corrected chi connectivity index (χ1v) is 9.45. The van der Waals surface area contributed by atoms with Crippen molar-refractivity contribution in [3.63, 3.8) is 0 Å². The summed E-state index contributed by atoms with van der Waals surface area (Å²) in [5.74, 6) is 0.558. The van der Waals surface area contributed by atoms with Crippen molar-refractivity contribution in [2.75, 3.05) is 33.7 Å². The average Bonchev–Trinajstić information content (AvgIpc) is 2.61. The Hall–Kier alpha value is -2.20. The lowest BCUT2D eigenvalue weighted by Gasteiger charge is -2.33. The Bertz CT molecular complexity index is 757. The molecule has 0 radical (unpaired) electrons. The fourth-order valence-electron chi connectivity index (χ4n) is 3.67. The SMILES string of the molecule is Cc1cccc(Cc2cccc([C@H]3CCCN(C(=O)CN(C)C)C3)n2)c1. The number of nitrogens with zero attached hydrogens (tertiary/aromatic N) is 3. The molecule has 2 aromatic rings. The van der Waals surface area contributed by atoms with Crippen molar-refractivity contribution >= 4 is 5.91 Å². The van der Waals surface area contributed by atoms with Gasteiger partial charge in [0.15, 0.2) is 0 Å². The van der Waals surface area contributed by atoms with Crippen molar-refractivity contribution in [1.82, 2.24) is 14.8 Å². The zero-order valence-electron chi connectivity index (χ0n) is 16.1. The third-order valence-corrected chi connectivity index (χ3v) is 4.94. The van der Waals surface area contributed by atoms with E-state index in [0.29, 0.717) is 12.5 Å². The number of piperidine rings is 1. The number of hydrogen-bond donors (Lipinski definition) is 0. The van der Waals surface area contributed by atoms with E-state index in [9.17, 15) is 4.79 Å². The van der Waals surface area contributed by atoms with Gasteiger partial charge in [0.25, 0.3) is 0 Å². The molecule has 4 heteroatoms.